The van der Waals surface area contributed by atoms with Crippen LogP contribution in [0, 0.1) is 13.8 Å². The number of anilines is 1. The first-order valence-electron chi connectivity index (χ1n) is 8.28. The van der Waals surface area contributed by atoms with Crippen molar-refractivity contribution in [2.24, 2.45) is 5.10 Å². The summed E-state index contributed by atoms with van der Waals surface area (Å²) in [5.74, 6) is 0.915. The van der Waals surface area contributed by atoms with Gasteiger partial charge in [0.05, 0.1) is 11.1 Å². The maximum absolute atomic E-state index is 10.6. The number of rotatable bonds is 3. The van der Waals surface area contributed by atoms with Gasteiger partial charge in [-0.15, -0.1) is 11.3 Å². The van der Waals surface area contributed by atoms with Crippen LogP contribution in [0.15, 0.2) is 47.8 Å². The van der Waals surface area contributed by atoms with Gasteiger partial charge in [0.1, 0.15) is 16.9 Å². The molecule has 0 aliphatic carbocycles. The van der Waals surface area contributed by atoms with Crippen molar-refractivity contribution in [3.63, 3.8) is 0 Å². The van der Waals surface area contributed by atoms with Crippen LogP contribution in [0.2, 0.25) is 0 Å². The van der Waals surface area contributed by atoms with E-state index in [0.29, 0.717) is 17.1 Å². The van der Waals surface area contributed by atoms with E-state index in [4.69, 9.17) is 0 Å². The quantitative estimate of drug-likeness (QED) is 0.397. The Morgan fingerprint density at radius 3 is 2.77 bits per heavy atom. The number of thiophene rings is 1. The molecule has 4 rings (SSSR count). The van der Waals surface area contributed by atoms with Crippen molar-refractivity contribution in [1.82, 2.24) is 9.97 Å². The number of phenols is 1. The Morgan fingerprint density at radius 2 is 1.92 bits per heavy atom. The fraction of sp³-hybridized carbons (Fsp3) is 0.150. The highest BCUT2D eigenvalue weighted by molar-refractivity contribution is 7.18. The first kappa shape index (κ1) is 16.5. The Bertz CT molecular complexity index is 1160. The summed E-state index contributed by atoms with van der Waals surface area (Å²) in [5.41, 5.74) is 5.59. The molecule has 2 N–H and O–H groups in total. The number of aryl methyl sites for hydroxylation is 2. The second-order valence-corrected chi connectivity index (χ2v) is 7.38. The molecule has 0 spiro atoms. The zero-order chi connectivity index (χ0) is 18.3. The van der Waals surface area contributed by atoms with Gasteiger partial charge in [0.2, 0.25) is 0 Å². The van der Waals surface area contributed by atoms with Crippen molar-refractivity contribution >= 4 is 43.9 Å². The van der Waals surface area contributed by atoms with Crippen molar-refractivity contribution in [2.75, 3.05) is 5.43 Å². The molecule has 2 aromatic heterocycles. The Hall–Kier alpha value is -2.99. The highest BCUT2D eigenvalue weighted by Crippen LogP contribution is 2.33. The fourth-order valence-electron chi connectivity index (χ4n) is 3.01. The van der Waals surface area contributed by atoms with Gasteiger partial charge in [0.15, 0.2) is 5.82 Å². The predicted octanol–water partition coefficient (Wildman–Crippen LogP) is 5.00. The molecule has 0 unspecified atom stereocenters. The number of hydrazone groups is 1. The van der Waals surface area contributed by atoms with Crippen LogP contribution < -0.4 is 5.43 Å². The minimum atomic E-state index is 0.238. The van der Waals surface area contributed by atoms with Crippen LogP contribution in [0.3, 0.4) is 0 Å². The molecule has 0 saturated heterocycles. The highest BCUT2D eigenvalue weighted by atomic mass is 32.1. The second kappa shape index (κ2) is 6.38. The lowest BCUT2D eigenvalue weighted by Crippen LogP contribution is -2.02. The van der Waals surface area contributed by atoms with E-state index in [1.807, 2.05) is 43.3 Å². The molecule has 5 nitrogen and oxygen atoms in total. The monoisotopic (exact) mass is 362 g/mol. The highest BCUT2D eigenvalue weighted by Gasteiger charge is 2.12. The lowest BCUT2D eigenvalue weighted by Gasteiger charge is -2.09. The van der Waals surface area contributed by atoms with Crippen molar-refractivity contribution in [3.8, 4) is 5.75 Å². The largest absolute Gasteiger partial charge is 0.507 e. The lowest BCUT2D eigenvalue weighted by atomic mass is 10.0. The van der Waals surface area contributed by atoms with Gasteiger partial charge in [-0.25, -0.2) is 9.97 Å². The van der Waals surface area contributed by atoms with Crippen LogP contribution in [-0.2, 0) is 0 Å². The van der Waals surface area contributed by atoms with Crippen molar-refractivity contribution in [2.45, 2.75) is 20.8 Å². The van der Waals surface area contributed by atoms with Crippen LogP contribution in [-0.4, -0.2) is 20.8 Å². The van der Waals surface area contributed by atoms with Gasteiger partial charge < -0.3 is 5.11 Å². The molecule has 0 saturated carbocycles. The lowest BCUT2D eigenvalue weighted by molar-refractivity contribution is 0.480. The zero-order valence-electron chi connectivity index (χ0n) is 14.7. The minimum Gasteiger partial charge on any atom is -0.507 e. The maximum Gasteiger partial charge on any atom is 0.158 e. The van der Waals surface area contributed by atoms with Gasteiger partial charge in [-0.2, -0.15) is 5.10 Å². The van der Waals surface area contributed by atoms with Crippen molar-refractivity contribution in [1.29, 1.82) is 0 Å². The third-order valence-electron chi connectivity index (χ3n) is 4.59. The van der Waals surface area contributed by atoms with E-state index in [9.17, 15) is 5.11 Å². The third-order valence-corrected chi connectivity index (χ3v) is 5.70. The van der Waals surface area contributed by atoms with E-state index in [2.05, 4.69) is 34.3 Å². The summed E-state index contributed by atoms with van der Waals surface area (Å²) in [7, 11) is 0. The first-order chi connectivity index (χ1) is 12.6. The minimum absolute atomic E-state index is 0.238. The average Bonchev–Trinajstić information content (AvgIpc) is 2.95. The molecule has 6 heteroatoms. The van der Waals surface area contributed by atoms with E-state index in [0.717, 1.165) is 26.6 Å². The first-order valence-corrected chi connectivity index (χ1v) is 9.10. The van der Waals surface area contributed by atoms with Gasteiger partial charge in [-0.1, -0.05) is 30.3 Å². The number of nitrogens with one attached hydrogen (secondary N) is 1. The molecule has 0 aliphatic rings. The third kappa shape index (κ3) is 2.68. The number of aromatic nitrogens is 2. The molecule has 0 amide bonds. The maximum atomic E-state index is 10.6. The number of fused-ring (bicyclic) bond motifs is 2. The van der Waals surface area contributed by atoms with Crippen LogP contribution in [0.4, 0.5) is 5.82 Å². The number of hydrogen-bond donors (Lipinski definition) is 2. The van der Waals surface area contributed by atoms with Gasteiger partial charge in [-0.05, 0) is 37.8 Å². The summed E-state index contributed by atoms with van der Waals surface area (Å²) in [5, 5.41) is 17.9. The molecule has 26 heavy (non-hydrogen) atoms. The molecule has 0 bridgehead atoms. The summed E-state index contributed by atoms with van der Waals surface area (Å²) >= 11 is 1.65. The summed E-state index contributed by atoms with van der Waals surface area (Å²) in [4.78, 5) is 10.8. The summed E-state index contributed by atoms with van der Waals surface area (Å²) in [6, 6.07) is 11.6. The van der Waals surface area contributed by atoms with Gasteiger partial charge in [0, 0.05) is 15.8 Å². The molecule has 2 heterocycles. The normalized spacial score (nSPS) is 12.0. The van der Waals surface area contributed by atoms with Gasteiger partial charge >= 0.3 is 0 Å². The number of hydrogen-bond acceptors (Lipinski definition) is 6. The molecule has 0 aliphatic heterocycles. The van der Waals surface area contributed by atoms with E-state index in [1.54, 1.807) is 17.7 Å². The Morgan fingerprint density at radius 1 is 1.12 bits per heavy atom. The molecule has 0 atom stereocenters. The SMILES string of the molecule is C/C(=N\Nc1ncnc2sc(C)c(C)c12)c1ccc2ccccc2c1O. The topological polar surface area (TPSA) is 70.4 Å². The van der Waals surface area contributed by atoms with Crippen LogP contribution in [0.5, 0.6) is 5.75 Å². The number of phenolic OH excluding ortho intramolecular Hbond substituents is 1. The van der Waals surface area contributed by atoms with Gasteiger partial charge in [0.25, 0.3) is 0 Å². The molecule has 0 fully saturated rings. The smallest absolute Gasteiger partial charge is 0.158 e. The number of aromatic hydroxyl groups is 1. The number of benzene rings is 2. The standard InChI is InChI=1S/C20H18N4OS/c1-11-13(3)26-20-17(11)19(21-10-22-20)24-23-12(2)15-9-8-14-6-4-5-7-16(14)18(15)25/h4-10,25H,1-3H3,(H,21,22,24)/b23-12+. The van der Waals surface area contributed by atoms with Crippen LogP contribution >= 0.6 is 11.3 Å². The van der Waals surface area contributed by atoms with E-state index >= 15 is 0 Å². The summed E-state index contributed by atoms with van der Waals surface area (Å²) < 4.78 is 0. The molecular formula is C20H18N4OS. The summed E-state index contributed by atoms with van der Waals surface area (Å²) in [6.45, 7) is 6.00. The summed E-state index contributed by atoms with van der Waals surface area (Å²) in [6.07, 6.45) is 1.54. The molecule has 0 radical (unpaired) electrons. The van der Waals surface area contributed by atoms with Crippen molar-refractivity contribution in [3.05, 3.63) is 58.7 Å². The van der Waals surface area contributed by atoms with Crippen LogP contribution in [0.25, 0.3) is 21.0 Å². The van der Waals surface area contributed by atoms with E-state index in [-0.39, 0.29) is 5.75 Å². The molecule has 130 valence electrons. The Balaban J connectivity index is 1.73. The zero-order valence-corrected chi connectivity index (χ0v) is 15.6. The Kier molecular flexibility index (Phi) is 4.05. The predicted molar refractivity (Wildman–Crippen MR) is 108 cm³/mol. The number of nitrogens with zero attached hydrogens (tertiary/aromatic N) is 3. The van der Waals surface area contributed by atoms with E-state index in [1.165, 1.54) is 4.88 Å². The molecule has 4 aromatic rings. The van der Waals surface area contributed by atoms with Gasteiger partial charge in [-0.3, -0.25) is 5.43 Å². The van der Waals surface area contributed by atoms with E-state index < -0.39 is 0 Å². The fourth-order valence-corrected chi connectivity index (χ4v) is 4.01. The van der Waals surface area contributed by atoms with Crippen molar-refractivity contribution < 1.29 is 5.11 Å². The Labute approximate surface area is 155 Å². The molecule has 2 aromatic carbocycles. The second-order valence-electron chi connectivity index (χ2n) is 6.18. The average molecular weight is 362 g/mol. The molecular weight excluding hydrogens is 344 g/mol. The van der Waals surface area contributed by atoms with Crippen LogP contribution in [0.1, 0.15) is 22.9 Å².